The summed E-state index contributed by atoms with van der Waals surface area (Å²) in [6, 6.07) is 9.94. The predicted molar refractivity (Wildman–Crippen MR) is 138 cm³/mol. The van der Waals surface area contributed by atoms with E-state index in [0.717, 1.165) is 40.6 Å². The first-order valence-electron chi connectivity index (χ1n) is 12.6. The van der Waals surface area contributed by atoms with Crippen molar-refractivity contribution in [1.29, 1.82) is 0 Å². The van der Waals surface area contributed by atoms with Gasteiger partial charge in [-0.05, 0) is 53.6 Å². The molecule has 0 fully saturated rings. The summed E-state index contributed by atoms with van der Waals surface area (Å²) in [5, 5.41) is 11.9. The van der Waals surface area contributed by atoms with Gasteiger partial charge in [-0.2, -0.15) is 0 Å². The van der Waals surface area contributed by atoms with E-state index in [4.69, 9.17) is 16.3 Å². The topological polar surface area (TPSA) is 56.4 Å². The Kier molecular flexibility index (Phi) is 7.32. The van der Waals surface area contributed by atoms with Crippen molar-refractivity contribution in [2.75, 3.05) is 6.61 Å². The number of ether oxygens (including phenoxy) is 1. The molecule has 6 heteroatoms. The number of hydrogen-bond acceptors (Lipinski definition) is 3. The molecule has 0 saturated carbocycles. The van der Waals surface area contributed by atoms with Crippen LogP contribution in [0.2, 0.25) is 5.02 Å². The quantitative estimate of drug-likeness (QED) is 0.179. The van der Waals surface area contributed by atoms with Gasteiger partial charge in [0.2, 0.25) is 0 Å². The minimum absolute atomic E-state index is 0.0332. The first-order valence-corrected chi connectivity index (χ1v) is 13.0. The van der Waals surface area contributed by atoms with Crippen LogP contribution in [0.15, 0.2) is 30.3 Å². The lowest BCUT2D eigenvalue weighted by atomic mass is 9.83. The van der Waals surface area contributed by atoms with Crippen LogP contribution in [0.1, 0.15) is 95.5 Å². The lowest BCUT2D eigenvalue weighted by molar-refractivity contribution is -0.143. The van der Waals surface area contributed by atoms with Crippen molar-refractivity contribution in [3.05, 3.63) is 52.0 Å². The number of aromatic nitrogens is 2. The van der Waals surface area contributed by atoms with E-state index in [1.165, 1.54) is 25.7 Å². The van der Waals surface area contributed by atoms with Gasteiger partial charge in [0.1, 0.15) is 5.75 Å². The highest BCUT2D eigenvalue weighted by Gasteiger charge is 2.42. The second kappa shape index (κ2) is 10.1. The monoisotopic (exact) mass is 484 g/mol. The summed E-state index contributed by atoms with van der Waals surface area (Å²) in [7, 11) is 0. The van der Waals surface area contributed by atoms with Crippen molar-refractivity contribution < 1.29 is 14.6 Å². The maximum Gasteiger partial charge on any atom is 0.306 e. The molecule has 0 aliphatic carbocycles. The van der Waals surface area contributed by atoms with Crippen LogP contribution >= 0.6 is 11.6 Å². The van der Waals surface area contributed by atoms with Crippen LogP contribution in [-0.2, 0) is 21.4 Å². The van der Waals surface area contributed by atoms with Gasteiger partial charge in [-0.1, -0.05) is 77.5 Å². The summed E-state index contributed by atoms with van der Waals surface area (Å²) in [4.78, 5) is 12.3. The van der Waals surface area contributed by atoms with E-state index in [1.54, 1.807) is 0 Å². The van der Waals surface area contributed by atoms with E-state index in [2.05, 4.69) is 37.1 Å². The number of carbonyl (C=O) groups excluding carboxylic acids is 1. The summed E-state index contributed by atoms with van der Waals surface area (Å²) in [5.41, 5.74) is 4.80. The number of aromatic hydroxyl groups is 1. The van der Waals surface area contributed by atoms with Crippen molar-refractivity contribution >= 4 is 28.6 Å². The average molecular weight is 485 g/mol. The van der Waals surface area contributed by atoms with Crippen molar-refractivity contribution in [2.45, 2.75) is 90.6 Å². The maximum atomic E-state index is 12.3. The molecule has 0 radical (unpaired) electrons. The van der Waals surface area contributed by atoms with Crippen LogP contribution in [-0.4, -0.2) is 27.0 Å². The number of nitrogens with zero attached hydrogens (tertiary/aromatic N) is 2. The van der Waals surface area contributed by atoms with Crippen LogP contribution in [0.3, 0.4) is 0 Å². The predicted octanol–water partition coefficient (Wildman–Crippen LogP) is 7.34. The second-order valence-electron chi connectivity index (χ2n) is 10.5. The normalized spacial score (nSPS) is 15.0. The van der Waals surface area contributed by atoms with Gasteiger partial charge in [0, 0.05) is 17.0 Å². The van der Waals surface area contributed by atoms with E-state index in [1.807, 2.05) is 30.3 Å². The number of benzene rings is 2. The summed E-state index contributed by atoms with van der Waals surface area (Å²) in [6.07, 6.45) is 7.95. The minimum Gasteiger partial charge on any atom is -0.507 e. The van der Waals surface area contributed by atoms with Crippen LogP contribution in [0, 0.1) is 0 Å². The molecule has 1 N–H and O–H groups in total. The Morgan fingerprint density at radius 2 is 1.74 bits per heavy atom. The first kappa shape index (κ1) is 24.7. The number of aryl methyl sites for hydroxylation is 1. The smallest absolute Gasteiger partial charge is 0.306 e. The van der Waals surface area contributed by atoms with E-state index >= 15 is 0 Å². The molecular weight excluding hydrogens is 448 g/mol. The minimum atomic E-state index is -0.220. The highest BCUT2D eigenvalue weighted by molar-refractivity contribution is 6.31. The molecule has 1 atom stereocenters. The summed E-state index contributed by atoms with van der Waals surface area (Å²) >= 11 is 6.18. The van der Waals surface area contributed by atoms with Gasteiger partial charge in [0.25, 0.3) is 0 Å². The van der Waals surface area contributed by atoms with E-state index in [-0.39, 0.29) is 17.6 Å². The number of fused-ring (bicyclic) bond motifs is 4. The molecule has 4 rings (SSSR count). The highest BCUT2D eigenvalue weighted by Crippen LogP contribution is 2.49. The first-order chi connectivity index (χ1) is 16.2. The van der Waals surface area contributed by atoms with Gasteiger partial charge in [-0.25, -0.2) is 0 Å². The number of phenols is 1. The van der Waals surface area contributed by atoms with Crippen molar-refractivity contribution in [3.63, 3.8) is 0 Å². The van der Waals surface area contributed by atoms with Gasteiger partial charge in [0.15, 0.2) is 6.17 Å². The van der Waals surface area contributed by atoms with Gasteiger partial charge in [-0.3, -0.25) is 14.2 Å². The van der Waals surface area contributed by atoms with Gasteiger partial charge < -0.3 is 9.84 Å². The molecule has 2 heterocycles. The van der Waals surface area contributed by atoms with Gasteiger partial charge in [0.05, 0.1) is 17.6 Å². The Balaban J connectivity index is 1.42. The zero-order chi connectivity index (χ0) is 24.5. The van der Waals surface area contributed by atoms with Crippen LogP contribution in [0.4, 0.5) is 0 Å². The fraction of sp³-hybridized carbons (Fsp3) is 0.536. The van der Waals surface area contributed by atoms with Crippen molar-refractivity contribution in [2.24, 2.45) is 0 Å². The Bertz CT molecular complexity index is 1170. The molecule has 1 unspecified atom stereocenters. The lowest BCUT2D eigenvalue weighted by Crippen LogP contribution is -2.14. The number of rotatable bonds is 11. The Labute approximate surface area is 207 Å². The summed E-state index contributed by atoms with van der Waals surface area (Å²) in [5.74, 6) is 0.180. The summed E-state index contributed by atoms with van der Waals surface area (Å²) < 4.78 is 9.76. The SMILES string of the molecule is CCCCCCCCOC(=O)CCc1cc(C2n3c4ccc(Cl)cc4n32)c(O)c(C(C)(C)C)c1. The van der Waals surface area contributed by atoms with E-state index < -0.39 is 0 Å². The van der Waals surface area contributed by atoms with E-state index in [9.17, 15) is 9.90 Å². The molecular formula is C28H37ClN2O3. The largest absolute Gasteiger partial charge is 0.507 e. The molecule has 1 aliphatic rings. The molecule has 1 aromatic heterocycles. The molecule has 0 spiro atoms. The Morgan fingerprint density at radius 1 is 1.03 bits per heavy atom. The number of hydrogen-bond donors (Lipinski definition) is 1. The number of phenolic OH excluding ortho intramolecular Hbond substituents is 1. The van der Waals surface area contributed by atoms with Crippen LogP contribution in [0.25, 0.3) is 11.0 Å². The Hall–Kier alpha value is -2.40. The van der Waals surface area contributed by atoms with Crippen LogP contribution < -0.4 is 0 Å². The molecule has 0 saturated heterocycles. The van der Waals surface area contributed by atoms with Crippen molar-refractivity contribution in [3.8, 4) is 5.75 Å². The fourth-order valence-corrected chi connectivity index (χ4v) is 4.94. The number of carbonyl (C=O) groups is 1. The molecule has 1 aliphatic heterocycles. The average Bonchev–Trinajstić information content (AvgIpc) is 3.44. The van der Waals surface area contributed by atoms with Gasteiger partial charge in [-0.15, -0.1) is 0 Å². The third-order valence-corrected chi connectivity index (χ3v) is 6.97. The molecule has 34 heavy (non-hydrogen) atoms. The van der Waals surface area contributed by atoms with Gasteiger partial charge >= 0.3 is 5.97 Å². The molecule has 2 aromatic carbocycles. The lowest BCUT2D eigenvalue weighted by Gasteiger charge is -2.23. The molecule has 5 nitrogen and oxygen atoms in total. The zero-order valence-electron chi connectivity index (χ0n) is 20.9. The molecule has 3 aromatic rings. The van der Waals surface area contributed by atoms with Crippen molar-refractivity contribution in [1.82, 2.24) is 9.36 Å². The molecule has 0 bridgehead atoms. The zero-order valence-corrected chi connectivity index (χ0v) is 21.6. The summed E-state index contributed by atoms with van der Waals surface area (Å²) in [6.45, 7) is 9.01. The maximum absolute atomic E-state index is 12.3. The third-order valence-electron chi connectivity index (χ3n) is 6.74. The highest BCUT2D eigenvalue weighted by atomic mass is 35.5. The third kappa shape index (κ3) is 5.14. The second-order valence-corrected chi connectivity index (χ2v) is 11.0. The Morgan fingerprint density at radius 3 is 2.47 bits per heavy atom. The fourth-order valence-electron chi connectivity index (χ4n) is 4.78. The standard InChI is InChI=1S/C28H37ClN2O3/c1-5-6-7-8-9-10-15-34-25(32)14-11-19-16-21(26(33)22(17-19)28(2,3)4)27-30-23-13-12-20(29)18-24(23)31(27)30/h12-13,16-18,27,33H,5-11,14-15H2,1-4H3. The molecule has 0 amide bonds. The number of halogens is 1. The molecule has 184 valence electrons. The van der Waals surface area contributed by atoms with Crippen LogP contribution in [0.5, 0.6) is 5.75 Å². The number of esters is 1. The van der Waals surface area contributed by atoms with E-state index in [0.29, 0.717) is 30.2 Å². The number of unbranched alkanes of at least 4 members (excludes halogenated alkanes) is 5.